The Labute approximate surface area is 148 Å². The molecule has 1 aliphatic rings. The number of fused-ring (bicyclic) bond motifs is 2. The van der Waals surface area contributed by atoms with Crippen LogP contribution in [0.4, 0.5) is 0 Å². The highest BCUT2D eigenvalue weighted by Crippen LogP contribution is 2.24. The largest absolute Gasteiger partial charge is 0.323 e. The monoisotopic (exact) mass is 346 g/mol. The summed E-state index contributed by atoms with van der Waals surface area (Å²) in [6.45, 7) is 0.583. The molecule has 25 heavy (non-hydrogen) atoms. The van der Waals surface area contributed by atoms with Gasteiger partial charge < -0.3 is 4.57 Å². The van der Waals surface area contributed by atoms with Crippen molar-refractivity contribution in [3.05, 3.63) is 72.3 Å². The molecule has 0 bridgehead atoms. The summed E-state index contributed by atoms with van der Waals surface area (Å²) in [5.41, 5.74) is 4.22. The van der Waals surface area contributed by atoms with Crippen molar-refractivity contribution in [2.24, 2.45) is 5.10 Å². The van der Waals surface area contributed by atoms with Crippen LogP contribution < -0.4 is 0 Å². The van der Waals surface area contributed by atoms with E-state index in [0.29, 0.717) is 6.54 Å². The van der Waals surface area contributed by atoms with Crippen LogP contribution in [0.15, 0.2) is 71.2 Å². The molecule has 0 aliphatic carbocycles. The summed E-state index contributed by atoms with van der Waals surface area (Å²) < 4.78 is 3.93. The number of benzene rings is 2. The van der Waals surface area contributed by atoms with E-state index in [0.717, 1.165) is 39.0 Å². The smallest absolute Gasteiger partial charge is 0.212 e. The maximum atomic E-state index is 4.79. The van der Waals surface area contributed by atoms with Gasteiger partial charge in [-0.05, 0) is 17.7 Å². The zero-order valence-corrected chi connectivity index (χ0v) is 14.1. The summed E-state index contributed by atoms with van der Waals surface area (Å²) in [5.74, 6) is 1.61. The number of aromatic nitrogens is 5. The second-order valence-corrected chi connectivity index (χ2v) is 6.72. The van der Waals surface area contributed by atoms with Gasteiger partial charge in [-0.2, -0.15) is 9.78 Å². The van der Waals surface area contributed by atoms with Gasteiger partial charge in [0, 0.05) is 5.75 Å². The van der Waals surface area contributed by atoms with Gasteiger partial charge in [0.05, 0.1) is 29.6 Å². The van der Waals surface area contributed by atoms with Crippen LogP contribution in [0.2, 0.25) is 0 Å². The summed E-state index contributed by atoms with van der Waals surface area (Å²) >= 11 is 1.66. The Morgan fingerprint density at radius 3 is 2.72 bits per heavy atom. The van der Waals surface area contributed by atoms with Crippen LogP contribution in [0, 0.1) is 0 Å². The molecule has 3 heterocycles. The van der Waals surface area contributed by atoms with Crippen molar-refractivity contribution < 1.29 is 0 Å². The number of rotatable bonds is 3. The molecule has 1 aliphatic heterocycles. The van der Waals surface area contributed by atoms with Gasteiger partial charge in [0.2, 0.25) is 5.16 Å². The SMILES string of the molecule is c1ccc(C2=Nn3c(Cn4cnc5ccccc54)nnc3SC2)cc1. The van der Waals surface area contributed by atoms with E-state index < -0.39 is 0 Å². The first-order valence-electron chi connectivity index (χ1n) is 7.99. The van der Waals surface area contributed by atoms with Crippen LogP contribution in [-0.2, 0) is 6.54 Å². The van der Waals surface area contributed by atoms with Crippen LogP contribution in [0.5, 0.6) is 0 Å². The Morgan fingerprint density at radius 2 is 1.80 bits per heavy atom. The lowest BCUT2D eigenvalue weighted by Crippen LogP contribution is -2.15. The number of hydrogen-bond acceptors (Lipinski definition) is 5. The van der Waals surface area contributed by atoms with E-state index in [1.54, 1.807) is 11.8 Å². The van der Waals surface area contributed by atoms with Crippen LogP contribution in [0.3, 0.4) is 0 Å². The van der Waals surface area contributed by atoms with E-state index in [9.17, 15) is 0 Å². The lowest BCUT2D eigenvalue weighted by molar-refractivity contribution is 0.668. The normalized spacial score (nSPS) is 13.7. The molecule has 0 N–H and O–H groups in total. The van der Waals surface area contributed by atoms with Crippen molar-refractivity contribution in [1.82, 2.24) is 24.4 Å². The summed E-state index contributed by atoms with van der Waals surface area (Å²) in [4.78, 5) is 4.44. The molecule has 0 saturated heterocycles. The van der Waals surface area contributed by atoms with Crippen molar-refractivity contribution >= 4 is 28.5 Å². The van der Waals surface area contributed by atoms with Crippen molar-refractivity contribution in [2.45, 2.75) is 11.7 Å². The van der Waals surface area contributed by atoms with E-state index in [4.69, 9.17) is 5.10 Å². The standard InChI is InChI=1S/C18H14N6S/c1-2-6-13(7-3-1)15-11-25-18-21-20-17(24(18)22-15)10-23-12-19-14-8-4-5-9-16(14)23/h1-9,12H,10-11H2. The third-order valence-corrected chi connectivity index (χ3v) is 5.11. The van der Waals surface area contributed by atoms with Crippen molar-refractivity contribution in [3.8, 4) is 0 Å². The summed E-state index contributed by atoms with van der Waals surface area (Å²) in [6.07, 6.45) is 1.84. The van der Waals surface area contributed by atoms with Gasteiger partial charge in [0.1, 0.15) is 0 Å². The minimum Gasteiger partial charge on any atom is -0.323 e. The molecule has 4 aromatic rings. The Morgan fingerprint density at radius 1 is 0.960 bits per heavy atom. The summed E-state index contributed by atoms with van der Waals surface area (Å²) in [6, 6.07) is 18.3. The van der Waals surface area contributed by atoms with E-state index in [1.165, 1.54) is 0 Å². The maximum absolute atomic E-state index is 4.79. The third kappa shape index (κ3) is 2.53. The zero-order valence-electron chi connectivity index (χ0n) is 13.3. The average molecular weight is 346 g/mol. The lowest BCUT2D eigenvalue weighted by Gasteiger charge is -2.14. The first-order chi connectivity index (χ1) is 12.4. The number of nitrogens with zero attached hydrogens (tertiary/aromatic N) is 6. The van der Waals surface area contributed by atoms with E-state index in [-0.39, 0.29) is 0 Å². The van der Waals surface area contributed by atoms with Gasteiger partial charge >= 0.3 is 0 Å². The quantitative estimate of drug-likeness (QED) is 0.572. The van der Waals surface area contributed by atoms with Crippen LogP contribution in [-0.4, -0.2) is 35.9 Å². The average Bonchev–Trinajstić information content (AvgIpc) is 3.27. The molecule has 6 nitrogen and oxygen atoms in total. The Balaban J connectivity index is 1.53. The van der Waals surface area contributed by atoms with Crippen molar-refractivity contribution in [3.63, 3.8) is 0 Å². The molecule has 2 aromatic heterocycles. The molecule has 7 heteroatoms. The minimum absolute atomic E-state index is 0.583. The van der Waals surface area contributed by atoms with E-state index >= 15 is 0 Å². The minimum atomic E-state index is 0.583. The highest BCUT2D eigenvalue weighted by atomic mass is 32.2. The first-order valence-corrected chi connectivity index (χ1v) is 8.97. The molecule has 0 saturated carbocycles. The molecule has 0 fully saturated rings. The molecule has 0 spiro atoms. The van der Waals surface area contributed by atoms with Gasteiger partial charge in [-0.3, -0.25) is 0 Å². The topological polar surface area (TPSA) is 60.9 Å². The van der Waals surface area contributed by atoms with Gasteiger partial charge in [-0.25, -0.2) is 4.98 Å². The van der Waals surface area contributed by atoms with Crippen LogP contribution >= 0.6 is 11.8 Å². The number of imidazole rings is 1. The van der Waals surface area contributed by atoms with Gasteiger partial charge in [-0.15, -0.1) is 10.2 Å². The van der Waals surface area contributed by atoms with Crippen molar-refractivity contribution in [2.75, 3.05) is 5.75 Å². The molecular weight excluding hydrogens is 332 g/mol. The number of hydrogen-bond donors (Lipinski definition) is 0. The molecule has 0 atom stereocenters. The zero-order chi connectivity index (χ0) is 16.6. The molecule has 122 valence electrons. The van der Waals surface area contributed by atoms with E-state index in [2.05, 4.69) is 37.9 Å². The molecule has 0 radical (unpaired) electrons. The van der Waals surface area contributed by atoms with E-state index in [1.807, 2.05) is 47.4 Å². The maximum Gasteiger partial charge on any atom is 0.212 e. The first kappa shape index (κ1) is 14.4. The molecule has 0 unspecified atom stereocenters. The molecular formula is C18H14N6S. The predicted octanol–water partition coefficient (Wildman–Crippen LogP) is 3.03. The fourth-order valence-corrected chi connectivity index (χ4v) is 3.78. The Hall–Kier alpha value is -2.93. The van der Waals surface area contributed by atoms with Gasteiger partial charge in [0.15, 0.2) is 5.82 Å². The number of para-hydroxylation sites is 2. The van der Waals surface area contributed by atoms with Gasteiger partial charge in [-0.1, -0.05) is 54.2 Å². The van der Waals surface area contributed by atoms with Gasteiger partial charge in [0.25, 0.3) is 0 Å². The number of thioether (sulfide) groups is 1. The van der Waals surface area contributed by atoms with Crippen molar-refractivity contribution in [1.29, 1.82) is 0 Å². The second-order valence-electron chi connectivity index (χ2n) is 5.77. The molecule has 0 amide bonds. The van der Waals surface area contributed by atoms with Crippen LogP contribution in [0.1, 0.15) is 11.4 Å². The molecule has 2 aromatic carbocycles. The summed E-state index contributed by atoms with van der Waals surface area (Å²) in [5, 5.41) is 14.2. The highest BCUT2D eigenvalue weighted by molar-refractivity contribution is 7.99. The Bertz CT molecular complexity index is 1080. The molecule has 5 rings (SSSR count). The second kappa shape index (κ2) is 5.86. The predicted molar refractivity (Wildman–Crippen MR) is 98.0 cm³/mol. The fourth-order valence-electron chi connectivity index (χ4n) is 2.93. The highest BCUT2D eigenvalue weighted by Gasteiger charge is 2.20. The van der Waals surface area contributed by atoms with Crippen LogP contribution in [0.25, 0.3) is 11.0 Å². The fraction of sp³-hybridized carbons (Fsp3) is 0.111. The summed E-state index contributed by atoms with van der Waals surface area (Å²) in [7, 11) is 0. The lowest BCUT2D eigenvalue weighted by atomic mass is 10.1. The Kier molecular flexibility index (Phi) is 3.38. The third-order valence-electron chi connectivity index (χ3n) is 4.18.